The van der Waals surface area contributed by atoms with Crippen molar-refractivity contribution in [1.82, 2.24) is 4.98 Å². The van der Waals surface area contributed by atoms with E-state index in [1.807, 2.05) is 19.1 Å². The van der Waals surface area contributed by atoms with E-state index < -0.39 is 0 Å². The van der Waals surface area contributed by atoms with E-state index in [-0.39, 0.29) is 16.7 Å². The Morgan fingerprint density at radius 1 is 1.20 bits per heavy atom. The molecule has 0 spiro atoms. The SMILES string of the molecule is Cc1ccc(NC(=O)C2(C(C)(C)C)CCCCC2)cn1. The van der Waals surface area contributed by atoms with Gasteiger partial charge in [-0.25, -0.2) is 0 Å². The van der Waals surface area contributed by atoms with Crippen LogP contribution in [0.4, 0.5) is 5.69 Å². The Hall–Kier alpha value is -1.38. The van der Waals surface area contributed by atoms with E-state index >= 15 is 0 Å². The van der Waals surface area contributed by atoms with Gasteiger partial charge in [0.15, 0.2) is 0 Å². The van der Waals surface area contributed by atoms with Crippen LogP contribution in [0.3, 0.4) is 0 Å². The lowest BCUT2D eigenvalue weighted by Gasteiger charge is -2.46. The Labute approximate surface area is 122 Å². The molecule has 1 aromatic heterocycles. The quantitative estimate of drug-likeness (QED) is 0.872. The number of anilines is 1. The summed E-state index contributed by atoms with van der Waals surface area (Å²) in [7, 11) is 0. The minimum atomic E-state index is -0.254. The molecule has 3 nitrogen and oxygen atoms in total. The average Bonchev–Trinajstić information content (AvgIpc) is 2.41. The summed E-state index contributed by atoms with van der Waals surface area (Å²) in [4.78, 5) is 17.1. The second kappa shape index (κ2) is 5.55. The fourth-order valence-corrected chi connectivity index (χ4v) is 3.27. The molecule has 110 valence electrons. The van der Waals surface area contributed by atoms with Crippen molar-refractivity contribution in [2.45, 2.75) is 59.8 Å². The Morgan fingerprint density at radius 2 is 1.85 bits per heavy atom. The Kier molecular flexibility index (Phi) is 4.17. The number of carbonyl (C=O) groups excluding carboxylic acids is 1. The van der Waals surface area contributed by atoms with Crippen LogP contribution in [-0.2, 0) is 4.79 Å². The van der Waals surface area contributed by atoms with Gasteiger partial charge in [-0.2, -0.15) is 0 Å². The van der Waals surface area contributed by atoms with E-state index in [1.54, 1.807) is 6.20 Å². The van der Waals surface area contributed by atoms with Crippen LogP contribution >= 0.6 is 0 Å². The molecule has 3 heteroatoms. The zero-order chi connectivity index (χ0) is 14.8. The maximum Gasteiger partial charge on any atom is 0.231 e. The predicted molar refractivity (Wildman–Crippen MR) is 82.6 cm³/mol. The summed E-state index contributed by atoms with van der Waals surface area (Å²) in [5.74, 6) is 0.162. The number of nitrogens with one attached hydrogen (secondary N) is 1. The zero-order valence-corrected chi connectivity index (χ0v) is 13.1. The maximum absolute atomic E-state index is 12.9. The van der Waals surface area contributed by atoms with Crippen LogP contribution in [0, 0.1) is 17.8 Å². The minimum absolute atomic E-state index is 0.0182. The second-order valence-corrected chi connectivity index (χ2v) is 7.04. The van der Waals surface area contributed by atoms with Gasteiger partial charge in [-0.15, -0.1) is 0 Å². The fourth-order valence-electron chi connectivity index (χ4n) is 3.27. The number of hydrogen-bond donors (Lipinski definition) is 1. The maximum atomic E-state index is 12.9. The van der Waals surface area contributed by atoms with Crippen LogP contribution in [-0.4, -0.2) is 10.9 Å². The number of pyridine rings is 1. The molecule has 1 N–H and O–H groups in total. The van der Waals surface area contributed by atoms with E-state index in [4.69, 9.17) is 0 Å². The standard InChI is InChI=1S/C17H26N2O/c1-13-8-9-14(12-18-13)19-15(20)17(16(2,3)4)10-6-5-7-11-17/h8-9,12H,5-7,10-11H2,1-4H3,(H,19,20). The van der Waals surface area contributed by atoms with Gasteiger partial charge in [0.05, 0.1) is 17.3 Å². The first-order valence-corrected chi connectivity index (χ1v) is 7.59. The van der Waals surface area contributed by atoms with Gasteiger partial charge in [0.25, 0.3) is 0 Å². The number of hydrogen-bond acceptors (Lipinski definition) is 2. The Morgan fingerprint density at radius 3 is 2.35 bits per heavy atom. The molecule has 20 heavy (non-hydrogen) atoms. The topological polar surface area (TPSA) is 42.0 Å². The van der Waals surface area contributed by atoms with Crippen LogP contribution in [0.15, 0.2) is 18.3 Å². The molecule has 0 atom stereocenters. The van der Waals surface area contributed by atoms with Crippen molar-refractivity contribution < 1.29 is 4.79 Å². The lowest BCUT2D eigenvalue weighted by atomic mass is 9.59. The molecule has 1 saturated carbocycles. The number of rotatable bonds is 2. The molecular weight excluding hydrogens is 248 g/mol. The van der Waals surface area contributed by atoms with Crippen molar-refractivity contribution in [3.05, 3.63) is 24.0 Å². The highest BCUT2D eigenvalue weighted by atomic mass is 16.2. The molecule has 0 aromatic carbocycles. The summed E-state index contributed by atoms with van der Waals surface area (Å²) in [5, 5.41) is 3.08. The lowest BCUT2D eigenvalue weighted by molar-refractivity contribution is -0.135. The van der Waals surface area contributed by atoms with Gasteiger partial charge in [-0.1, -0.05) is 40.0 Å². The molecule has 1 heterocycles. The van der Waals surface area contributed by atoms with Gasteiger partial charge in [0.1, 0.15) is 0 Å². The molecule has 1 fully saturated rings. The third-order valence-electron chi connectivity index (χ3n) is 4.75. The summed E-state index contributed by atoms with van der Waals surface area (Å²) in [6, 6.07) is 3.86. The van der Waals surface area contributed by atoms with Crippen molar-refractivity contribution in [2.75, 3.05) is 5.32 Å². The van der Waals surface area contributed by atoms with E-state index in [2.05, 4.69) is 31.1 Å². The molecular formula is C17H26N2O. The van der Waals surface area contributed by atoms with Crippen LogP contribution < -0.4 is 5.32 Å². The van der Waals surface area contributed by atoms with E-state index in [9.17, 15) is 4.79 Å². The van der Waals surface area contributed by atoms with Crippen LogP contribution in [0.5, 0.6) is 0 Å². The monoisotopic (exact) mass is 274 g/mol. The summed E-state index contributed by atoms with van der Waals surface area (Å²) >= 11 is 0. The number of nitrogens with zero attached hydrogens (tertiary/aromatic N) is 1. The first kappa shape index (κ1) is 15.0. The van der Waals surface area contributed by atoms with Gasteiger partial charge in [-0.05, 0) is 37.3 Å². The normalized spacial score (nSPS) is 18.6. The van der Waals surface area contributed by atoms with E-state index in [1.165, 1.54) is 6.42 Å². The van der Waals surface area contributed by atoms with Gasteiger partial charge in [0, 0.05) is 5.69 Å². The Bertz CT molecular complexity index is 465. The number of aryl methyl sites for hydroxylation is 1. The molecule has 1 amide bonds. The first-order valence-electron chi connectivity index (χ1n) is 7.59. The summed E-state index contributed by atoms with van der Waals surface area (Å²) in [5.41, 5.74) is 1.49. The Balaban J connectivity index is 2.21. The van der Waals surface area contributed by atoms with Crippen molar-refractivity contribution in [3.8, 4) is 0 Å². The lowest BCUT2D eigenvalue weighted by Crippen LogP contribution is -2.47. The first-order chi connectivity index (χ1) is 9.35. The van der Waals surface area contributed by atoms with Crippen LogP contribution in [0.2, 0.25) is 0 Å². The highest BCUT2D eigenvalue weighted by molar-refractivity contribution is 5.95. The molecule has 1 aromatic rings. The molecule has 0 radical (unpaired) electrons. The molecule has 0 saturated heterocycles. The van der Waals surface area contributed by atoms with Gasteiger partial charge in [0.2, 0.25) is 5.91 Å². The van der Waals surface area contributed by atoms with E-state index in [0.29, 0.717) is 0 Å². The van der Waals surface area contributed by atoms with Gasteiger partial charge >= 0.3 is 0 Å². The van der Waals surface area contributed by atoms with Gasteiger partial charge < -0.3 is 5.32 Å². The van der Waals surface area contributed by atoms with Crippen LogP contribution in [0.25, 0.3) is 0 Å². The second-order valence-electron chi connectivity index (χ2n) is 7.04. The van der Waals surface area contributed by atoms with Gasteiger partial charge in [-0.3, -0.25) is 9.78 Å². The van der Waals surface area contributed by atoms with Crippen molar-refractivity contribution in [1.29, 1.82) is 0 Å². The smallest absolute Gasteiger partial charge is 0.231 e. The van der Waals surface area contributed by atoms with Crippen LogP contribution in [0.1, 0.15) is 58.6 Å². The zero-order valence-electron chi connectivity index (χ0n) is 13.1. The summed E-state index contributed by atoms with van der Waals surface area (Å²) in [6.07, 6.45) is 7.26. The highest BCUT2D eigenvalue weighted by Crippen LogP contribution is 2.50. The predicted octanol–water partition coefficient (Wildman–Crippen LogP) is 4.33. The fraction of sp³-hybridized carbons (Fsp3) is 0.647. The van der Waals surface area contributed by atoms with Crippen molar-refractivity contribution >= 4 is 11.6 Å². The van der Waals surface area contributed by atoms with Crippen molar-refractivity contribution in [3.63, 3.8) is 0 Å². The molecule has 2 rings (SSSR count). The summed E-state index contributed by atoms with van der Waals surface area (Å²) < 4.78 is 0. The molecule has 0 bridgehead atoms. The molecule has 1 aliphatic rings. The number of amides is 1. The molecule has 1 aliphatic carbocycles. The van der Waals surface area contributed by atoms with E-state index in [0.717, 1.165) is 37.1 Å². The number of aromatic nitrogens is 1. The largest absolute Gasteiger partial charge is 0.324 e. The number of carbonyl (C=O) groups is 1. The summed E-state index contributed by atoms with van der Waals surface area (Å²) in [6.45, 7) is 8.51. The van der Waals surface area contributed by atoms with Crippen molar-refractivity contribution in [2.24, 2.45) is 10.8 Å². The third-order valence-corrected chi connectivity index (χ3v) is 4.75. The average molecular weight is 274 g/mol. The third kappa shape index (κ3) is 2.87. The molecule has 0 aliphatic heterocycles. The molecule has 0 unspecified atom stereocenters. The minimum Gasteiger partial charge on any atom is -0.324 e. The highest BCUT2D eigenvalue weighted by Gasteiger charge is 2.48.